The lowest BCUT2D eigenvalue weighted by Crippen LogP contribution is -2.22. The van der Waals surface area contributed by atoms with Crippen molar-refractivity contribution in [3.63, 3.8) is 0 Å². The van der Waals surface area contributed by atoms with E-state index < -0.39 is 6.09 Å². The highest BCUT2D eigenvalue weighted by Crippen LogP contribution is 2.43. The van der Waals surface area contributed by atoms with E-state index in [1.807, 2.05) is 0 Å². The Hall–Kier alpha value is -1.78. The third kappa shape index (κ3) is 2.18. The number of pyridine rings is 1. The van der Waals surface area contributed by atoms with E-state index in [1.165, 1.54) is 7.05 Å². The van der Waals surface area contributed by atoms with Crippen LogP contribution in [0.4, 0.5) is 10.6 Å². The maximum atomic E-state index is 11.1. The lowest BCUT2D eigenvalue weighted by molar-refractivity contribution is 0.202. The number of amides is 1. The molecule has 5 nitrogen and oxygen atoms in total. The molecule has 1 aromatic heterocycles. The van der Waals surface area contributed by atoms with E-state index in [2.05, 4.69) is 10.3 Å². The molecule has 3 N–H and O–H groups in total. The molecule has 0 aliphatic heterocycles. The van der Waals surface area contributed by atoms with Gasteiger partial charge in [-0.2, -0.15) is 0 Å². The number of carbonyl (C=O) groups is 1. The van der Waals surface area contributed by atoms with Gasteiger partial charge in [-0.3, -0.25) is 0 Å². The molecule has 80 valence electrons. The molecule has 1 fully saturated rings. The van der Waals surface area contributed by atoms with Crippen molar-refractivity contribution in [3.05, 3.63) is 17.8 Å². The van der Waals surface area contributed by atoms with Gasteiger partial charge in [0.1, 0.15) is 5.82 Å². The molecule has 1 aliphatic rings. The zero-order chi connectivity index (χ0) is 10.8. The highest BCUT2D eigenvalue weighted by Gasteiger charge is 2.29. The van der Waals surface area contributed by atoms with Gasteiger partial charge in [-0.25, -0.2) is 9.78 Å². The number of nitrogens with one attached hydrogen (secondary N) is 1. The second kappa shape index (κ2) is 3.76. The maximum absolute atomic E-state index is 11.1. The highest BCUT2D eigenvalue weighted by molar-refractivity contribution is 5.70. The van der Waals surface area contributed by atoms with E-state index in [0.29, 0.717) is 17.5 Å². The average Bonchev–Trinajstić information content (AvgIpc) is 3.04. The molecule has 0 aromatic carbocycles. The Morgan fingerprint density at radius 2 is 2.33 bits per heavy atom. The van der Waals surface area contributed by atoms with Crippen molar-refractivity contribution in [3.8, 4) is 5.75 Å². The van der Waals surface area contributed by atoms with Crippen LogP contribution < -0.4 is 15.8 Å². The molecule has 1 aromatic rings. The summed E-state index contributed by atoms with van der Waals surface area (Å²) in [5.41, 5.74) is 6.38. The Labute approximate surface area is 87.6 Å². The Kier molecular flexibility index (Phi) is 2.45. The van der Waals surface area contributed by atoms with Gasteiger partial charge >= 0.3 is 6.09 Å². The van der Waals surface area contributed by atoms with Crippen LogP contribution in [0.2, 0.25) is 0 Å². The highest BCUT2D eigenvalue weighted by atomic mass is 16.6. The number of rotatable bonds is 2. The number of hydrogen-bond acceptors (Lipinski definition) is 4. The van der Waals surface area contributed by atoms with Crippen LogP contribution in [-0.2, 0) is 0 Å². The number of ether oxygens (including phenoxy) is 1. The summed E-state index contributed by atoms with van der Waals surface area (Å²) in [5, 5.41) is 2.39. The van der Waals surface area contributed by atoms with Crippen molar-refractivity contribution >= 4 is 11.9 Å². The van der Waals surface area contributed by atoms with Crippen LogP contribution in [0.15, 0.2) is 12.1 Å². The summed E-state index contributed by atoms with van der Waals surface area (Å²) in [7, 11) is 1.52. The first-order chi connectivity index (χ1) is 7.20. The lowest BCUT2D eigenvalue weighted by atomic mass is 10.2. The fourth-order valence-electron chi connectivity index (χ4n) is 1.36. The third-order valence-electron chi connectivity index (χ3n) is 2.28. The average molecular weight is 207 g/mol. The van der Waals surface area contributed by atoms with Crippen LogP contribution in [0.25, 0.3) is 0 Å². The molecule has 0 saturated heterocycles. The van der Waals surface area contributed by atoms with Gasteiger partial charge in [-0.1, -0.05) is 0 Å². The Balaban J connectivity index is 2.24. The summed E-state index contributed by atoms with van der Waals surface area (Å²) in [6.45, 7) is 0. The fraction of sp³-hybridized carbons (Fsp3) is 0.400. The number of nitrogen functional groups attached to an aromatic ring is 1. The molecule has 2 rings (SSSR count). The SMILES string of the molecule is CNC(=O)Oc1ccc(N)nc1C1CC1. The maximum Gasteiger partial charge on any atom is 0.412 e. The summed E-state index contributed by atoms with van der Waals surface area (Å²) < 4.78 is 5.08. The number of nitrogens with zero attached hydrogens (tertiary/aromatic N) is 1. The largest absolute Gasteiger partial charge is 0.412 e. The van der Waals surface area contributed by atoms with Crippen molar-refractivity contribution in [2.24, 2.45) is 0 Å². The normalized spacial score (nSPS) is 14.7. The molecular formula is C10H13N3O2. The van der Waals surface area contributed by atoms with E-state index in [4.69, 9.17) is 10.5 Å². The molecule has 0 unspecified atom stereocenters. The molecule has 15 heavy (non-hydrogen) atoms. The molecule has 0 bridgehead atoms. The molecule has 0 atom stereocenters. The number of nitrogens with two attached hydrogens (primary N) is 1. The third-order valence-corrected chi connectivity index (χ3v) is 2.28. The molecule has 1 saturated carbocycles. The summed E-state index contributed by atoms with van der Waals surface area (Å²) >= 11 is 0. The Morgan fingerprint density at radius 3 is 2.93 bits per heavy atom. The molecule has 1 heterocycles. The van der Waals surface area contributed by atoms with Crippen LogP contribution >= 0.6 is 0 Å². The number of anilines is 1. The van der Waals surface area contributed by atoms with Gasteiger partial charge in [0, 0.05) is 13.0 Å². The van der Waals surface area contributed by atoms with E-state index in [9.17, 15) is 4.79 Å². The van der Waals surface area contributed by atoms with Gasteiger partial charge in [0.25, 0.3) is 0 Å². The molecule has 1 amide bonds. The van der Waals surface area contributed by atoms with Gasteiger partial charge in [0.15, 0.2) is 5.75 Å². The predicted octanol–water partition coefficient (Wildman–Crippen LogP) is 1.26. The molecule has 0 radical (unpaired) electrons. The van der Waals surface area contributed by atoms with Crippen molar-refractivity contribution in [1.29, 1.82) is 0 Å². The second-order valence-electron chi connectivity index (χ2n) is 3.53. The molecule has 5 heteroatoms. The van der Waals surface area contributed by atoms with Crippen molar-refractivity contribution in [2.45, 2.75) is 18.8 Å². The minimum Gasteiger partial charge on any atom is -0.408 e. The molecular weight excluding hydrogens is 194 g/mol. The van der Waals surface area contributed by atoms with E-state index in [0.717, 1.165) is 18.5 Å². The smallest absolute Gasteiger partial charge is 0.408 e. The van der Waals surface area contributed by atoms with Gasteiger partial charge in [-0.05, 0) is 25.0 Å². The Morgan fingerprint density at radius 1 is 1.60 bits per heavy atom. The zero-order valence-electron chi connectivity index (χ0n) is 8.49. The number of hydrogen-bond donors (Lipinski definition) is 2. The second-order valence-corrected chi connectivity index (χ2v) is 3.53. The first-order valence-corrected chi connectivity index (χ1v) is 4.86. The van der Waals surface area contributed by atoms with Crippen molar-refractivity contribution in [1.82, 2.24) is 10.3 Å². The van der Waals surface area contributed by atoms with Crippen LogP contribution in [0, 0.1) is 0 Å². The monoisotopic (exact) mass is 207 g/mol. The number of aromatic nitrogens is 1. The summed E-state index contributed by atoms with van der Waals surface area (Å²) in [4.78, 5) is 15.3. The summed E-state index contributed by atoms with van der Waals surface area (Å²) in [6, 6.07) is 3.31. The van der Waals surface area contributed by atoms with E-state index >= 15 is 0 Å². The van der Waals surface area contributed by atoms with Gasteiger partial charge in [0.2, 0.25) is 0 Å². The predicted molar refractivity (Wildman–Crippen MR) is 55.7 cm³/mol. The minimum absolute atomic E-state index is 0.396. The quantitative estimate of drug-likeness (QED) is 0.765. The fourth-order valence-corrected chi connectivity index (χ4v) is 1.36. The van der Waals surface area contributed by atoms with Crippen LogP contribution in [-0.4, -0.2) is 18.1 Å². The first-order valence-electron chi connectivity index (χ1n) is 4.86. The topological polar surface area (TPSA) is 77.2 Å². The molecule has 1 aliphatic carbocycles. The first kappa shape index (κ1) is 9.76. The van der Waals surface area contributed by atoms with E-state index in [1.54, 1.807) is 12.1 Å². The summed E-state index contributed by atoms with van der Waals surface area (Å²) in [6.07, 6.45) is 1.68. The van der Waals surface area contributed by atoms with Crippen molar-refractivity contribution < 1.29 is 9.53 Å². The summed E-state index contributed by atoms with van der Waals surface area (Å²) in [5.74, 6) is 1.36. The van der Waals surface area contributed by atoms with Gasteiger partial charge in [0.05, 0.1) is 5.69 Å². The number of carbonyl (C=O) groups excluding carboxylic acids is 1. The van der Waals surface area contributed by atoms with Crippen LogP contribution in [0.5, 0.6) is 5.75 Å². The lowest BCUT2D eigenvalue weighted by Gasteiger charge is -2.08. The van der Waals surface area contributed by atoms with Gasteiger partial charge < -0.3 is 15.8 Å². The standard InChI is InChI=1S/C10H13N3O2/c1-12-10(14)15-7-4-5-8(11)13-9(7)6-2-3-6/h4-6H,2-3H2,1H3,(H2,11,13)(H,12,14). The van der Waals surface area contributed by atoms with Crippen LogP contribution in [0.1, 0.15) is 24.5 Å². The van der Waals surface area contributed by atoms with Crippen LogP contribution in [0.3, 0.4) is 0 Å². The Bertz CT molecular complexity index is 388. The molecule has 0 spiro atoms. The minimum atomic E-state index is -0.483. The zero-order valence-corrected chi connectivity index (χ0v) is 8.49. The van der Waals surface area contributed by atoms with Crippen molar-refractivity contribution in [2.75, 3.05) is 12.8 Å². The van der Waals surface area contributed by atoms with E-state index in [-0.39, 0.29) is 0 Å². The van der Waals surface area contributed by atoms with Gasteiger partial charge in [-0.15, -0.1) is 0 Å².